The highest BCUT2D eigenvalue weighted by atomic mass is 16.1. The molecule has 0 amide bonds. The van der Waals surface area contributed by atoms with Crippen LogP contribution in [-0.2, 0) is 13.1 Å². The van der Waals surface area contributed by atoms with Gasteiger partial charge < -0.3 is 15.3 Å². The van der Waals surface area contributed by atoms with Gasteiger partial charge >= 0.3 is 5.69 Å². The summed E-state index contributed by atoms with van der Waals surface area (Å²) >= 11 is 0. The second-order valence-corrected chi connectivity index (χ2v) is 4.51. The molecule has 0 atom stereocenters. The zero-order chi connectivity index (χ0) is 13.2. The molecule has 0 saturated heterocycles. The Hall–Kier alpha value is -2.50. The number of nitrogens with zero attached hydrogens (tertiary/aromatic N) is 3. The average molecular weight is 257 g/mol. The number of nitrogens with two attached hydrogens (primary N) is 1. The number of hydrogen-bond acceptors (Lipinski definition) is 3. The van der Waals surface area contributed by atoms with E-state index in [9.17, 15) is 4.79 Å². The van der Waals surface area contributed by atoms with E-state index in [0.29, 0.717) is 12.2 Å². The molecular weight excluding hydrogens is 242 g/mol. The van der Waals surface area contributed by atoms with Crippen molar-refractivity contribution in [1.82, 2.24) is 19.1 Å². The highest BCUT2D eigenvalue weighted by molar-refractivity contribution is 5.78. The van der Waals surface area contributed by atoms with Gasteiger partial charge in [-0.05, 0) is 24.6 Å². The van der Waals surface area contributed by atoms with Gasteiger partial charge in [-0.2, -0.15) is 0 Å². The topological polar surface area (TPSA) is 81.6 Å². The molecule has 19 heavy (non-hydrogen) atoms. The van der Waals surface area contributed by atoms with Crippen LogP contribution in [0.3, 0.4) is 0 Å². The number of rotatable bonds is 4. The van der Waals surface area contributed by atoms with E-state index in [1.54, 1.807) is 23.2 Å². The number of nitrogen functional groups attached to an aromatic ring is 1. The van der Waals surface area contributed by atoms with E-state index in [1.807, 2.05) is 22.9 Å². The minimum atomic E-state index is -0.0915. The molecule has 0 fully saturated rings. The summed E-state index contributed by atoms with van der Waals surface area (Å²) in [4.78, 5) is 18.7. The van der Waals surface area contributed by atoms with Crippen molar-refractivity contribution in [1.29, 1.82) is 0 Å². The van der Waals surface area contributed by atoms with Crippen LogP contribution < -0.4 is 11.4 Å². The van der Waals surface area contributed by atoms with Crippen molar-refractivity contribution >= 4 is 16.7 Å². The Morgan fingerprint density at radius 2 is 2.21 bits per heavy atom. The van der Waals surface area contributed by atoms with Crippen LogP contribution >= 0.6 is 0 Å². The van der Waals surface area contributed by atoms with E-state index in [2.05, 4.69) is 9.97 Å². The van der Waals surface area contributed by atoms with Crippen molar-refractivity contribution in [3.8, 4) is 0 Å². The predicted molar refractivity (Wildman–Crippen MR) is 73.8 cm³/mol. The fourth-order valence-corrected chi connectivity index (χ4v) is 2.23. The Kier molecular flexibility index (Phi) is 2.83. The molecule has 6 nitrogen and oxygen atoms in total. The van der Waals surface area contributed by atoms with Gasteiger partial charge in [-0.25, -0.2) is 9.78 Å². The van der Waals surface area contributed by atoms with Crippen LogP contribution in [0.25, 0.3) is 11.0 Å². The van der Waals surface area contributed by atoms with E-state index < -0.39 is 0 Å². The third kappa shape index (κ3) is 2.24. The van der Waals surface area contributed by atoms with E-state index in [0.717, 1.165) is 24.0 Å². The fraction of sp³-hybridized carbons (Fsp3) is 0.231. The number of hydrogen-bond donors (Lipinski definition) is 2. The Balaban J connectivity index is 1.80. The molecule has 0 spiro atoms. The highest BCUT2D eigenvalue weighted by Crippen LogP contribution is 2.14. The van der Waals surface area contributed by atoms with Gasteiger partial charge in [-0.1, -0.05) is 0 Å². The molecule has 0 saturated carbocycles. The molecule has 3 rings (SSSR count). The van der Waals surface area contributed by atoms with Gasteiger partial charge in [-0.15, -0.1) is 0 Å². The first-order chi connectivity index (χ1) is 9.24. The van der Waals surface area contributed by atoms with E-state index in [-0.39, 0.29) is 5.69 Å². The number of benzene rings is 1. The number of aromatic nitrogens is 4. The molecule has 0 radical (unpaired) electrons. The molecule has 2 aromatic heterocycles. The summed E-state index contributed by atoms with van der Waals surface area (Å²) in [6, 6.07) is 5.46. The largest absolute Gasteiger partial charge is 0.399 e. The third-order valence-corrected chi connectivity index (χ3v) is 3.16. The Morgan fingerprint density at radius 1 is 1.32 bits per heavy atom. The molecule has 3 N–H and O–H groups in total. The number of aromatic amines is 1. The average Bonchev–Trinajstić information content (AvgIpc) is 2.98. The van der Waals surface area contributed by atoms with Gasteiger partial charge in [-0.3, -0.25) is 4.57 Å². The van der Waals surface area contributed by atoms with Gasteiger partial charge in [0.15, 0.2) is 0 Å². The highest BCUT2D eigenvalue weighted by Gasteiger charge is 2.06. The Labute approximate surface area is 109 Å². The summed E-state index contributed by atoms with van der Waals surface area (Å²) in [5, 5.41) is 0. The maximum absolute atomic E-state index is 11.9. The summed E-state index contributed by atoms with van der Waals surface area (Å²) in [6.07, 6.45) is 6.31. The number of imidazole rings is 2. The van der Waals surface area contributed by atoms with Crippen LogP contribution in [0.5, 0.6) is 0 Å². The summed E-state index contributed by atoms with van der Waals surface area (Å²) in [7, 11) is 0. The van der Waals surface area contributed by atoms with Crippen LogP contribution in [-0.4, -0.2) is 19.1 Å². The third-order valence-electron chi connectivity index (χ3n) is 3.16. The van der Waals surface area contributed by atoms with E-state index in [1.165, 1.54) is 0 Å². The summed E-state index contributed by atoms with van der Waals surface area (Å²) < 4.78 is 3.74. The number of anilines is 1. The zero-order valence-electron chi connectivity index (χ0n) is 10.4. The predicted octanol–water partition coefficient (Wildman–Crippen LogP) is 1.20. The summed E-state index contributed by atoms with van der Waals surface area (Å²) in [6.45, 7) is 1.51. The molecule has 1 aromatic carbocycles. The Bertz CT molecular complexity index is 738. The molecule has 0 unspecified atom stereocenters. The number of aryl methyl sites for hydroxylation is 2. The summed E-state index contributed by atoms with van der Waals surface area (Å²) in [5.41, 5.74) is 7.94. The lowest BCUT2D eigenvalue weighted by Crippen LogP contribution is -2.17. The molecule has 6 heteroatoms. The van der Waals surface area contributed by atoms with Crippen molar-refractivity contribution in [2.24, 2.45) is 0 Å². The standard InChI is InChI=1S/C13H15N5O/c14-10-2-3-12-11(8-10)16-13(19)18(12)6-1-5-17-7-4-15-9-17/h2-4,7-9H,1,5-6,14H2,(H,16,19). The number of H-pyrrole nitrogens is 1. The number of nitrogens with one attached hydrogen (secondary N) is 1. The first-order valence-corrected chi connectivity index (χ1v) is 6.18. The van der Waals surface area contributed by atoms with Crippen molar-refractivity contribution in [3.05, 3.63) is 47.4 Å². The van der Waals surface area contributed by atoms with Gasteiger partial charge in [0.25, 0.3) is 0 Å². The number of fused-ring (bicyclic) bond motifs is 1. The first kappa shape index (κ1) is 11.6. The van der Waals surface area contributed by atoms with Crippen molar-refractivity contribution in [3.63, 3.8) is 0 Å². The normalized spacial score (nSPS) is 11.2. The van der Waals surface area contributed by atoms with Gasteiger partial charge in [0.2, 0.25) is 0 Å². The molecular formula is C13H15N5O. The maximum atomic E-state index is 11.9. The van der Waals surface area contributed by atoms with Gasteiger partial charge in [0, 0.05) is 31.2 Å². The molecule has 0 aliphatic carbocycles. The lowest BCUT2D eigenvalue weighted by Gasteiger charge is -2.04. The molecule has 0 aliphatic rings. The molecule has 0 bridgehead atoms. The maximum Gasteiger partial charge on any atom is 0.326 e. The van der Waals surface area contributed by atoms with E-state index >= 15 is 0 Å². The van der Waals surface area contributed by atoms with Crippen LogP contribution in [0.4, 0.5) is 5.69 Å². The van der Waals surface area contributed by atoms with Crippen molar-refractivity contribution < 1.29 is 0 Å². The quantitative estimate of drug-likeness (QED) is 0.689. The summed E-state index contributed by atoms with van der Waals surface area (Å²) in [5.74, 6) is 0. The van der Waals surface area contributed by atoms with Gasteiger partial charge in [0.1, 0.15) is 0 Å². The lowest BCUT2D eigenvalue weighted by molar-refractivity contribution is 0.562. The Morgan fingerprint density at radius 3 is 3.00 bits per heavy atom. The van der Waals surface area contributed by atoms with Crippen molar-refractivity contribution in [2.75, 3.05) is 5.73 Å². The van der Waals surface area contributed by atoms with Crippen LogP contribution in [0.2, 0.25) is 0 Å². The molecule has 98 valence electrons. The smallest absolute Gasteiger partial charge is 0.326 e. The molecule has 0 aliphatic heterocycles. The van der Waals surface area contributed by atoms with Crippen LogP contribution in [0.1, 0.15) is 6.42 Å². The molecule has 2 heterocycles. The minimum absolute atomic E-state index is 0.0915. The monoisotopic (exact) mass is 257 g/mol. The SMILES string of the molecule is Nc1ccc2c(c1)[nH]c(=O)n2CCCn1ccnc1. The van der Waals surface area contributed by atoms with E-state index in [4.69, 9.17) is 5.73 Å². The molecule has 3 aromatic rings. The second-order valence-electron chi connectivity index (χ2n) is 4.51. The fourth-order valence-electron chi connectivity index (χ4n) is 2.23. The van der Waals surface area contributed by atoms with Gasteiger partial charge in [0.05, 0.1) is 17.4 Å². The van der Waals surface area contributed by atoms with Crippen LogP contribution in [0.15, 0.2) is 41.7 Å². The zero-order valence-corrected chi connectivity index (χ0v) is 10.4. The van der Waals surface area contributed by atoms with Crippen LogP contribution in [0, 0.1) is 0 Å². The minimum Gasteiger partial charge on any atom is -0.399 e. The second kappa shape index (κ2) is 4.64. The lowest BCUT2D eigenvalue weighted by atomic mass is 10.3. The van der Waals surface area contributed by atoms with Crippen molar-refractivity contribution in [2.45, 2.75) is 19.5 Å². The first-order valence-electron chi connectivity index (χ1n) is 6.18.